The van der Waals surface area contributed by atoms with Crippen LogP contribution in [-0.2, 0) is 13.1 Å². The van der Waals surface area contributed by atoms with Crippen molar-refractivity contribution < 1.29 is 0 Å². The average Bonchev–Trinajstić information content (AvgIpc) is 2.63. The second-order valence-corrected chi connectivity index (χ2v) is 6.49. The summed E-state index contributed by atoms with van der Waals surface area (Å²) in [6.07, 6.45) is 1.84. The highest BCUT2D eigenvalue weighted by molar-refractivity contribution is 9.10. The Balaban J connectivity index is 1.95. The molecule has 1 heterocycles. The first kappa shape index (κ1) is 13.0. The van der Waals surface area contributed by atoms with Crippen LogP contribution in [0.25, 0.3) is 0 Å². The van der Waals surface area contributed by atoms with Crippen LogP contribution in [0, 0.1) is 0 Å². The van der Waals surface area contributed by atoms with Gasteiger partial charge in [0.25, 0.3) is 0 Å². The van der Waals surface area contributed by atoms with E-state index in [2.05, 4.69) is 51.1 Å². The quantitative estimate of drug-likeness (QED) is 0.835. The van der Waals surface area contributed by atoms with Gasteiger partial charge in [0.05, 0.1) is 0 Å². The van der Waals surface area contributed by atoms with E-state index < -0.39 is 0 Å². The molecule has 0 aliphatic heterocycles. The van der Waals surface area contributed by atoms with Crippen molar-refractivity contribution in [3.8, 4) is 0 Å². The lowest BCUT2D eigenvalue weighted by molar-refractivity contribution is 0.322. The van der Waals surface area contributed by atoms with Crippen LogP contribution in [0.3, 0.4) is 0 Å². The molecule has 0 spiro atoms. The third-order valence-corrected chi connectivity index (χ3v) is 3.89. The number of hydrogen-bond acceptors (Lipinski definition) is 3. The normalized spacial score (nSPS) is 11.1. The zero-order valence-corrected chi connectivity index (χ0v) is 12.5. The third kappa shape index (κ3) is 4.07. The van der Waals surface area contributed by atoms with Gasteiger partial charge < -0.3 is 0 Å². The Kier molecular flexibility index (Phi) is 4.56. The lowest BCUT2D eigenvalue weighted by Crippen LogP contribution is -2.16. The van der Waals surface area contributed by atoms with Crippen molar-refractivity contribution in [3.63, 3.8) is 0 Å². The molecule has 2 rings (SSSR count). The van der Waals surface area contributed by atoms with Gasteiger partial charge in [-0.2, -0.15) is 0 Å². The van der Waals surface area contributed by atoms with Gasteiger partial charge in [-0.1, -0.05) is 39.7 Å². The number of benzene rings is 1. The maximum absolute atomic E-state index is 5.81. The van der Waals surface area contributed by atoms with Gasteiger partial charge in [-0.15, -0.1) is 11.3 Å². The lowest BCUT2D eigenvalue weighted by Gasteiger charge is -2.15. The standard InChI is InChI=1S/C12H12BrClN2S/c1-16(8-11-6-15-12(14)17-11)7-9-3-2-4-10(13)5-9/h2-6H,7-8H2,1H3. The summed E-state index contributed by atoms with van der Waals surface area (Å²) >= 11 is 10.8. The van der Waals surface area contributed by atoms with E-state index in [0.29, 0.717) is 4.47 Å². The molecule has 0 radical (unpaired) electrons. The summed E-state index contributed by atoms with van der Waals surface area (Å²) in [6, 6.07) is 8.35. The smallest absolute Gasteiger partial charge is 0.183 e. The maximum Gasteiger partial charge on any atom is 0.183 e. The first-order chi connectivity index (χ1) is 8.13. The number of nitrogens with zero attached hydrogens (tertiary/aromatic N) is 2. The first-order valence-corrected chi connectivity index (χ1v) is 7.15. The molecule has 0 amide bonds. The van der Waals surface area contributed by atoms with Crippen LogP contribution in [0.4, 0.5) is 0 Å². The number of rotatable bonds is 4. The molecule has 0 bridgehead atoms. The van der Waals surface area contributed by atoms with Gasteiger partial charge in [0, 0.05) is 28.6 Å². The fourth-order valence-electron chi connectivity index (χ4n) is 1.63. The summed E-state index contributed by atoms with van der Waals surface area (Å²) in [5, 5.41) is 0. The monoisotopic (exact) mass is 330 g/mol. The summed E-state index contributed by atoms with van der Waals surface area (Å²) in [5.41, 5.74) is 1.29. The molecule has 0 saturated heterocycles. The number of hydrogen-bond donors (Lipinski definition) is 0. The van der Waals surface area contributed by atoms with Crippen LogP contribution in [-0.4, -0.2) is 16.9 Å². The zero-order valence-electron chi connectivity index (χ0n) is 9.36. The molecule has 0 saturated carbocycles. The van der Waals surface area contributed by atoms with E-state index in [0.717, 1.165) is 17.6 Å². The Morgan fingerprint density at radius 3 is 2.88 bits per heavy atom. The van der Waals surface area contributed by atoms with Gasteiger partial charge in [-0.05, 0) is 24.7 Å². The highest BCUT2D eigenvalue weighted by atomic mass is 79.9. The van der Waals surface area contributed by atoms with Crippen LogP contribution in [0.2, 0.25) is 4.47 Å². The fraction of sp³-hybridized carbons (Fsp3) is 0.250. The molecular formula is C12H12BrClN2S. The molecule has 5 heteroatoms. The zero-order chi connectivity index (χ0) is 12.3. The molecule has 0 atom stereocenters. The summed E-state index contributed by atoms with van der Waals surface area (Å²) in [5.74, 6) is 0. The molecule has 0 unspecified atom stereocenters. The minimum Gasteiger partial charge on any atom is -0.297 e. The molecule has 0 fully saturated rings. The van der Waals surface area contributed by atoms with Gasteiger partial charge in [-0.3, -0.25) is 4.90 Å². The topological polar surface area (TPSA) is 16.1 Å². The Morgan fingerprint density at radius 1 is 1.41 bits per heavy atom. The van der Waals surface area contributed by atoms with Crippen LogP contribution in [0.1, 0.15) is 10.4 Å². The van der Waals surface area contributed by atoms with Crippen molar-refractivity contribution in [1.82, 2.24) is 9.88 Å². The minimum atomic E-state index is 0.607. The van der Waals surface area contributed by atoms with E-state index in [9.17, 15) is 0 Å². The average molecular weight is 332 g/mol. The highest BCUT2D eigenvalue weighted by Gasteiger charge is 2.05. The van der Waals surface area contributed by atoms with Gasteiger partial charge in [0.15, 0.2) is 4.47 Å². The fourth-order valence-corrected chi connectivity index (χ4v) is 3.13. The first-order valence-electron chi connectivity index (χ1n) is 5.16. The van der Waals surface area contributed by atoms with E-state index in [-0.39, 0.29) is 0 Å². The maximum atomic E-state index is 5.81. The van der Waals surface area contributed by atoms with Gasteiger partial charge in [0.1, 0.15) is 0 Å². The number of halogens is 2. The molecule has 0 aliphatic rings. The molecule has 17 heavy (non-hydrogen) atoms. The largest absolute Gasteiger partial charge is 0.297 e. The molecule has 2 aromatic rings. The van der Waals surface area contributed by atoms with E-state index >= 15 is 0 Å². The second kappa shape index (κ2) is 5.96. The summed E-state index contributed by atoms with van der Waals surface area (Å²) in [6.45, 7) is 1.78. The number of aromatic nitrogens is 1. The Morgan fingerprint density at radius 2 is 2.24 bits per heavy atom. The van der Waals surface area contributed by atoms with Crippen molar-refractivity contribution in [1.29, 1.82) is 0 Å². The van der Waals surface area contributed by atoms with Crippen molar-refractivity contribution in [2.45, 2.75) is 13.1 Å². The number of thiazole rings is 1. The van der Waals surface area contributed by atoms with Crippen molar-refractivity contribution >= 4 is 38.9 Å². The molecule has 0 N–H and O–H groups in total. The van der Waals surface area contributed by atoms with Crippen molar-refractivity contribution in [3.05, 3.63) is 49.8 Å². The molecular weight excluding hydrogens is 320 g/mol. The predicted molar refractivity (Wildman–Crippen MR) is 76.4 cm³/mol. The minimum absolute atomic E-state index is 0.607. The highest BCUT2D eigenvalue weighted by Crippen LogP contribution is 2.20. The van der Waals surface area contributed by atoms with Crippen LogP contribution in [0.5, 0.6) is 0 Å². The molecule has 2 nitrogen and oxygen atoms in total. The Bertz CT molecular complexity index is 501. The second-order valence-electron chi connectivity index (χ2n) is 3.88. The van der Waals surface area contributed by atoms with Crippen LogP contribution < -0.4 is 0 Å². The lowest BCUT2D eigenvalue weighted by atomic mass is 10.2. The van der Waals surface area contributed by atoms with Crippen molar-refractivity contribution in [2.75, 3.05) is 7.05 Å². The van der Waals surface area contributed by atoms with E-state index in [4.69, 9.17) is 11.6 Å². The Labute approximate surface area is 118 Å². The summed E-state index contributed by atoms with van der Waals surface area (Å²) in [4.78, 5) is 7.47. The molecule has 1 aromatic carbocycles. The third-order valence-electron chi connectivity index (χ3n) is 2.29. The van der Waals surface area contributed by atoms with E-state index in [1.165, 1.54) is 21.8 Å². The SMILES string of the molecule is CN(Cc1cccc(Br)c1)Cc1cnc(Cl)s1. The van der Waals surface area contributed by atoms with Gasteiger partial charge in [-0.25, -0.2) is 4.98 Å². The van der Waals surface area contributed by atoms with Crippen LogP contribution in [0.15, 0.2) is 34.9 Å². The van der Waals surface area contributed by atoms with E-state index in [1.54, 1.807) is 0 Å². The molecule has 90 valence electrons. The van der Waals surface area contributed by atoms with E-state index in [1.807, 2.05) is 12.3 Å². The molecule has 1 aromatic heterocycles. The predicted octanol–water partition coefficient (Wildman–Crippen LogP) is 4.19. The van der Waals surface area contributed by atoms with Crippen molar-refractivity contribution in [2.24, 2.45) is 0 Å². The van der Waals surface area contributed by atoms with Gasteiger partial charge in [0.2, 0.25) is 0 Å². The molecule has 0 aliphatic carbocycles. The summed E-state index contributed by atoms with van der Waals surface area (Å²) in [7, 11) is 2.09. The Hall–Kier alpha value is -0.420. The summed E-state index contributed by atoms with van der Waals surface area (Å²) < 4.78 is 1.72. The van der Waals surface area contributed by atoms with Crippen LogP contribution >= 0.6 is 38.9 Å². The van der Waals surface area contributed by atoms with Gasteiger partial charge >= 0.3 is 0 Å².